The Bertz CT molecular complexity index is 349. The van der Waals surface area contributed by atoms with E-state index in [1.54, 1.807) is 0 Å². The van der Waals surface area contributed by atoms with E-state index in [9.17, 15) is 4.39 Å². The standard InChI is InChI=1S/C14H20FNO2/c1-2-14(11-3-5-12(15)6-4-11)16-9-13-10-17-7-8-18-13/h3-6,13-14,16H,2,7-10H2,1H3. The summed E-state index contributed by atoms with van der Waals surface area (Å²) < 4.78 is 23.8. The summed E-state index contributed by atoms with van der Waals surface area (Å²) in [5.41, 5.74) is 1.11. The van der Waals surface area contributed by atoms with Crippen molar-refractivity contribution in [1.82, 2.24) is 5.32 Å². The highest BCUT2D eigenvalue weighted by Gasteiger charge is 2.16. The van der Waals surface area contributed by atoms with Gasteiger partial charge in [0.05, 0.1) is 25.9 Å². The molecular weight excluding hydrogens is 233 g/mol. The molecular formula is C14H20FNO2. The molecule has 0 aliphatic carbocycles. The molecule has 0 radical (unpaired) electrons. The van der Waals surface area contributed by atoms with Gasteiger partial charge in [-0.05, 0) is 24.1 Å². The normalized spacial score (nSPS) is 21.8. The van der Waals surface area contributed by atoms with Gasteiger partial charge in [0.25, 0.3) is 0 Å². The van der Waals surface area contributed by atoms with Gasteiger partial charge in [-0.25, -0.2) is 4.39 Å². The van der Waals surface area contributed by atoms with Crippen LogP contribution in [0.15, 0.2) is 24.3 Å². The van der Waals surface area contributed by atoms with E-state index in [2.05, 4.69) is 12.2 Å². The number of ether oxygens (including phenoxy) is 2. The number of halogens is 1. The molecule has 0 amide bonds. The van der Waals surface area contributed by atoms with Crippen LogP contribution in [0.5, 0.6) is 0 Å². The van der Waals surface area contributed by atoms with Crippen molar-refractivity contribution in [2.45, 2.75) is 25.5 Å². The van der Waals surface area contributed by atoms with Crippen molar-refractivity contribution in [2.24, 2.45) is 0 Å². The van der Waals surface area contributed by atoms with Gasteiger partial charge in [0, 0.05) is 12.6 Å². The lowest BCUT2D eigenvalue weighted by Crippen LogP contribution is -2.38. The highest BCUT2D eigenvalue weighted by Crippen LogP contribution is 2.17. The van der Waals surface area contributed by atoms with E-state index in [4.69, 9.17) is 9.47 Å². The molecule has 2 atom stereocenters. The first-order valence-corrected chi connectivity index (χ1v) is 6.47. The molecule has 0 saturated carbocycles. The summed E-state index contributed by atoms with van der Waals surface area (Å²) in [5.74, 6) is -0.197. The predicted molar refractivity (Wildman–Crippen MR) is 68.0 cm³/mol. The molecule has 2 rings (SSSR count). The first kappa shape index (κ1) is 13.5. The molecule has 1 aliphatic rings. The van der Waals surface area contributed by atoms with Crippen LogP contribution >= 0.6 is 0 Å². The van der Waals surface area contributed by atoms with Crippen molar-refractivity contribution in [3.8, 4) is 0 Å². The zero-order chi connectivity index (χ0) is 12.8. The number of hydrogen-bond donors (Lipinski definition) is 1. The van der Waals surface area contributed by atoms with Crippen molar-refractivity contribution < 1.29 is 13.9 Å². The van der Waals surface area contributed by atoms with E-state index < -0.39 is 0 Å². The average Bonchev–Trinajstić information content (AvgIpc) is 2.42. The van der Waals surface area contributed by atoms with Crippen LogP contribution < -0.4 is 5.32 Å². The van der Waals surface area contributed by atoms with Crippen molar-refractivity contribution >= 4 is 0 Å². The Hall–Kier alpha value is -0.970. The molecule has 0 spiro atoms. The fourth-order valence-electron chi connectivity index (χ4n) is 2.12. The largest absolute Gasteiger partial charge is 0.376 e. The molecule has 3 nitrogen and oxygen atoms in total. The molecule has 1 N–H and O–H groups in total. The predicted octanol–water partition coefficient (Wildman–Crippen LogP) is 2.28. The van der Waals surface area contributed by atoms with Gasteiger partial charge in [0.1, 0.15) is 5.82 Å². The minimum absolute atomic E-state index is 0.119. The minimum Gasteiger partial charge on any atom is -0.376 e. The highest BCUT2D eigenvalue weighted by molar-refractivity contribution is 5.19. The molecule has 1 aromatic rings. The number of nitrogens with one attached hydrogen (secondary N) is 1. The van der Waals surface area contributed by atoms with Crippen LogP contribution in [0.4, 0.5) is 4.39 Å². The lowest BCUT2D eigenvalue weighted by molar-refractivity contribution is -0.0871. The van der Waals surface area contributed by atoms with E-state index >= 15 is 0 Å². The van der Waals surface area contributed by atoms with Crippen molar-refractivity contribution in [3.05, 3.63) is 35.6 Å². The number of benzene rings is 1. The molecule has 2 unspecified atom stereocenters. The first-order chi connectivity index (χ1) is 8.79. The Labute approximate surface area is 107 Å². The van der Waals surface area contributed by atoms with Gasteiger partial charge in [-0.3, -0.25) is 0 Å². The molecule has 1 aliphatic heterocycles. The molecule has 1 aromatic carbocycles. The smallest absolute Gasteiger partial charge is 0.123 e. The van der Waals surface area contributed by atoms with Crippen LogP contribution in [0.3, 0.4) is 0 Å². The quantitative estimate of drug-likeness (QED) is 0.873. The molecule has 1 saturated heterocycles. The van der Waals surface area contributed by atoms with Gasteiger partial charge < -0.3 is 14.8 Å². The van der Waals surface area contributed by atoms with E-state index in [1.165, 1.54) is 12.1 Å². The topological polar surface area (TPSA) is 30.5 Å². The van der Waals surface area contributed by atoms with E-state index in [-0.39, 0.29) is 18.0 Å². The first-order valence-electron chi connectivity index (χ1n) is 6.47. The fourth-order valence-corrected chi connectivity index (χ4v) is 2.12. The van der Waals surface area contributed by atoms with Crippen LogP contribution in [0.2, 0.25) is 0 Å². The van der Waals surface area contributed by atoms with E-state index in [0.717, 1.165) is 18.5 Å². The van der Waals surface area contributed by atoms with Gasteiger partial charge in [-0.15, -0.1) is 0 Å². The summed E-state index contributed by atoms with van der Waals surface area (Å²) in [6.45, 7) is 4.87. The van der Waals surface area contributed by atoms with Crippen LogP contribution in [-0.4, -0.2) is 32.5 Å². The van der Waals surface area contributed by atoms with Crippen molar-refractivity contribution in [2.75, 3.05) is 26.4 Å². The van der Waals surface area contributed by atoms with Crippen molar-refractivity contribution in [3.63, 3.8) is 0 Å². The van der Waals surface area contributed by atoms with Crippen LogP contribution in [0.1, 0.15) is 24.9 Å². The maximum Gasteiger partial charge on any atom is 0.123 e. The molecule has 100 valence electrons. The molecule has 0 bridgehead atoms. The van der Waals surface area contributed by atoms with Gasteiger partial charge in [-0.2, -0.15) is 0 Å². The summed E-state index contributed by atoms with van der Waals surface area (Å²) in [6.07, 6.45) is 1.08. The minimum atomic E-state index is -0.197. The average molecular weight is 253 g/mol. The Balaban J connectivity index is 1.86. The van der Waals surface area contributed by atoms with Gasteiger partial charge in [0.15, 0.2) is 0 Å². The molecule has 1 heterocycles. The molecule has 1 fully saturated rings. The molecule has 18 heavy (non-hydrogen) atoms. The maximum atomic E-state index is 12.9. The lowest BCUT2D eigenvalue weighted by Gasteiger charge is -2.26. The highest BCUT2D eigenvalue weighted by atomic mass is 19.1. The van der Waals surface area contributed by atoms with Gasteiger partial charge >= 0.3 is 0 Å². The Morgan fingerprint density at radius 2 is 2.11 bits per heavy atom. The third-order valence-corrected chi connectivity index (χ3v) is 3.16. The van der Waals surface area contributed by atoms with Gasteiger partial charge in [-0.1, -0.05) is 19.1 Å². The van der Waals surface area contributed by atoms with Crippen molar-refractivity contribution in [1.29, 1.82) is 0 Å². The summed E-state index contributed by atoms with van der Waals surface area (Å²) in [7, 11) is 0. The second-order valence-corrected chi connectivity index (χ2v) is 4.49. The Kier molecular flexibility index (Phi) is 5.11. The summed E-state index contributed by atoms with van der Waals surface area (Å²) in [5, 5.41) is 3.45. The van der Waals surface area contributed by atoms with Crippen LogP contribution in [-0.2, 0) is 9.47 Å². The zero-order valence-electron chi connectivity index (χ0n) is 10.7. The zero-order valence-corrected chi connectivity index (χ0v) is 10.7. The lowest BCUT2D eigenvalue weighted by atomic mass is 10.0. The Morgan fingerprint density at radius 1 is 1.33 bits per heavy atom. The number of rotatable bonds is 5. The summed E-state index contributed by atoms with van der Waals surface area (Å²) >= 11 is 0. The number of hydrogen-bond acceptors (Lipinski definition) is 3. The van der Waals surface area contributed by atoms with Crippen LogP contribution in [0, 0.1) is 5.82 Å². The molecule has 0 aromatic heterocycles. The van der Waals surface area contributed by atoms with Crippen LogP contribution in [0.25, 0.3) is 0 Å². The van der Waals surface area contributed by atoms with E-state index in [1.807, 2.05) is 12.1 Å². The van der Waals surface area contributed by atoms with E-state index in [0.29, 0.717) is 19.8 Å². The summed E-state index contributed by atoms with van der Waals surface area (Å²) in [4.78, 5) is 0. The second-order valence-electron chi connectivity index (χ2n) is 4.49. The third-order valence-electron chi connectivity index (χ3n) is 3.16. The monoisotopic (exact) mass is 253 g/mol. The molecule has 4 heteroatoms. The Morgan fingerprint density at radius 3 is 2.72 bits per heavy atom. The SMILES string of the molecule is CCC(NCC1COCCO1)c1ccc(F)cc1. The maximum absolute atomic E-state index is 12.9. The van der Waals surface area contributed by atoms with Gasteiger partial charge in [0.2, 0.25) is 0 Å². The summed E-state index contributed by atoms with van der Waals surface area (Å²) in [6, 6.07) is 6.89. The second kappa shape index (κ2) is 6.83. The third kappa shape index (κ3) is 3.77. The fraction of sp³-hybridized carbons (Fsp3) is 0.571.